The summed E-state index contributed by atoms with van der Waals surface area (Å²) in [5.74, 6) is 0.0576. The van der Waals surface area contributed by atoms with Crippen molar-refractivity contribution in [1.82, 2.24) is 0 Å². The second kappa shape index (κ2) is 3.40. The molecule has 2 nitrogen and oxygen atoms in total. The Kier molecular flexibility index (Phi) is 2.68. The van der Waals surface area contributed by atoms with Crippen molar-refractivity contribution in [3.8, 4) is 0 Å². The Morgan fingerprint density at radius 1 is 1.33 bits per heavy atom. The van der Waals surface area contributed by atoms with Crippen LogP contribution in [0.2, 0.25) is 0 Å². The first-order valence-electron chi connectivity index (χ1n) is 4.55. The molecule has 1 aliphatic rings. The van der Waals surface area contributed by atoms with Gasteiger partial charge in [-0.05, 0) is 25.3 Å². The third kappa shape index (κ3) is 1.75. The Balaban J connectivity index is 2.69. The summed E-state index contributed by atoms with van der Waals surface area (Å²) in [5.41, 5.74) is 6.01. The van der Waals surface area contributed by atoms with Crippen molar-refractivity contribution in [2.45, 2.75) is 44.6 Å². The number of ketones is 1. The molecule has 68 valence electrons. The first kappa shape index (κ1) is 9.46. The second-order valence-corrected chi connectivity index (χ2v) is 3.83. The highest BCUT2D eigenvalue weighted by atomic mass is 16.1. The van der Waals surface area contributed by atoms with E-state index in [2.05, 4.69) is 6.58 Å². The van der Waals surface area contributed by atoms with E-state index in [0.717, 1.165) is 25.7 Å². The van der Waals surface area contributed by atoms with Gasteiger partial charge < -0.3 is 5.73 Å². The first-order valence-corrected chi connectivity index (χ1v) is 4.55. The summed E-state index contributed by atoms with van der Waals surface area (Å²) in [7, 11) is 0. The highest BCUT2D eigenvalue weighted by molar-refractivity contribution is 6.01. The molecule has 0 amide bonds. The number of carbonyl (C=O) groups is 1. The molecule has 1 aliphatic carbocycles. The van der Waals surface area contributed by atoms with Gasteiger partial charge in [0.25, 0.3) is 0 Å². The lowest BCUT2D eigenvalue weighted by Crippen LogP contribution is -2.49. The quantitative estimate of drug-likeness (QED) is 0.637. The van der Waals surface area contributed by atoms with Gasteiger partial charge in [-0.25, -0.2) is 0 Å². The van der Waals surface area contributed by atoms with Gasteiger partial charge in [-0.15, -0.1) is 0 Å². The molecule has 0 aliphatic heterocycles. The molecule has 0 radical (unpaired) electrons. The standard InChI is InChI=1S/C10H17NO/c1-8(2)9(12)10(11)6-4-3-5-7-10/h1,3-7,11H2,2H3. The number of Topliss-reactive ketones (excluding diaryl/α,β-unsaturated/α-hetero) is 1. The summed E-state index contributed by atoms with van der Waals surface area (Å²) >= 11 is 0. The van der Waals surface area contributed by atoms with Gasteiger partial charge in [0.05, 0.1) is 5.54 Å². The lowest BCUT2D eigenvalue weighted by Gasteiger charge is -2.31. The molecule has 0 unspecified atom stereocenters. The fourth-order valence-corrected chi connectivity index (χ4v) is 1.83. The summed E-state index contributed by atoms with van der Waals surface area (Å²) in [4.78, 5) is 11.6. The van der Waals surface area contributed by atoms with Crippen molar-refractivity contribution in [2.75, 3.05) is 0 Å². The van der Waals surface area contributed by atoms with E-state index in [4.69, 9.17) is 5.73 Å². The van der Waals surface area contributed by atoms with E-state index in [-0.39, 0.29) is 5.78 Å². The van der Waals surface area contributed by atoms with E-state index in [1.807, 2.05) is 0 Å². The van der Waals surface area contributed by atoms with Crippen LogP contribution in [0.5, 0.6) is 0 Å². The molecule has 2 heteroatoms. The normalized spacial score (nSPS) is 21.8. The van der Waals surface area contributed by atoms with E-state index in [1.54, 1.807) is 6.92 Å². The number of rotatable bonds is 2. The smallest absolute Gasteiger partial charge is 0.177 e. The van der Waals surface area contributed by atoms with Gasteiger partial charge in [0.1, 0.15) is 0 Å². The van der Waals surface area contributed by atoms with E-state index >= 15 is 0 Å². The molecular formula is C10H17NO. The summed E-state index contributed by atoms with van der Waals surface area (Å²) < 4.78 is 0. The van der Waals surface area contributed by atoms with Gasteiger partial charge in [-0.2, -0.15) is 0 Å². The lowest BCUT2D eigenvalue weighted by molar-refractivity contribution is -0.121. The van der Waals surface area contributed by atoms with E-state index in [9.17, 15) is 4.79 Å². The topological polar surface area (TPSA) is 43.1 Å². The summed E-state index contributed by atoms with van der Waals surface area (Å²) in [6, 6.07) is 0. The summed E-state index contributed by atoms with van der Waals surface area (Å²) in [5, 5.41) is 0. The highest BCUT2D eigenvalue weighted by Crippen LogP contribution is 2.28. The van der Waals surface area contributed by atoms with Crippen LogP contribution in [0.4, 0.5) is 0 Å². The fourth-order valence-electron chi connectivity index (χ4n) is 1.83. The van der Waals surface area contributed by atoms with Crippen molar-refractivity contribution in [1.29, 1.82) is 0 Å². The molecule has 0 aromatic rings. The molecule has 1 rings (SSSR count). The largest absolute Gasteiger partial charge is 0.319 e. The molecule has 0 bridgehead atoms. The number of hydrogen-bond donors (Lipinski definition) is 1. The van der Waals surface area contributed by atoms with Crippen LogP contribution in [-0.2, 0) is 4.79 Å². The minimum atomic E-state index is -0.579. The number of hydrogen-bond acceptors (Lipinski definition) is 2. The van der Waals surface area contributed by atoms with Crippen LogP contribution in [-0.4, -0.2) is 11.3 Å². The van der Waals surface area contributed by atoms with Gasteiger partial charge in [-0.3, -0.25) is 4.79 Å². The molecule has 0 atom stereocenters. The molecular weight excluding hydrogens is 150 g/mol. The lowest BCUT2D eigenvalue weighted by atomic mass is 9.78. The third-order valence-electron chi connectivity index (χ3n) is 2.59. The van der Waals surface area contributed by atoms with Gasteiger partial charge >= 0.3 is 0 Å². The van der Waals surface area contributed by atoms with Crippen LogP contribution >= 0.6 is 0 Å². The van der Waals surface area contributed by atoms with Gasteiger partial charge in [0.2, 0.25) is 0 Å². The highest BCUT2D eigenvalue weighted by Gasteiger charge is 2.34. The van der Waals surface area contributed by atoms with E-state index in [1.165, 1.54) is 6.42 Å². The minimum Gasteiger partial charge on any atom is -0.319 e. The molecule has 0 aromatic carbocycles. The molecule has 1 saturated carbocycles. The maximum absolute atomic E-state index is 11.6. The molecule has 2 N–H and O–H groups in total. The maximum atomic E-state index is 11.6. The Hall–Kier alpha value is -0.630. The minimum absolute atomic E-state index is 0.0576. The van der Waals surface area contributed by atoms with Crippen LogP contribution in [0, 0.1) is 0 Å². The van der Waals surface area contributed by atoms with Crippen LogP contribution in [0.25, 0.3) is 0 Å². The average molecular weight is 167 g/mol. The zero-order valence-corrected chi connectivity index (χ0v) is 7.73. The Morgan fingerprint density at radius 2 is 1.83 bits per heavy atom. The van der Waals surface area contributed by atoms with Crippen molar-refractivity contribution in [3.05, 3.63) is 12.2 Å². The Labute approximate surface area is 73.8 Å². The van der Waals surface area contributed by atoms with E-state index < -0.39 is 5.54 Å². The SMILES string of the molecule is C=C(C)C(=O)C1(N)CCCCC1. The molecule has 0 saturated heterocycles. The molecule has 0 aromatic heterocycles. The molecule has 0 heterocycles. The van der Waals surface area contributed by atoms with Crippen LogP contribution in [0.3, 0.4) is 0 Å². The Morgan fingerprint density at radius 3 is 2.25 bits per heavy atom. The maximum Gasteiger partial charge on any atom is 0.177 e. The predicted octanol–water partition coefficient (Wildman–Crippen LogP) is 1.79. The molecule has 12 heavy (non-hydrogen) atoms. The zero-order valence-electron chi connectivity index (χ0n) is 7.73. The average Bonchev–Trinajstić information content (AvgIpc) is 2.04. The number of carbonyl (C=O) groups excluding carboxylic acids is 1. The zero-order chi connectivity index (χ0) is 9.19. The monoisotopic (exact) mass is 167 g/mol. The third-order valence-corrected chi connectivity index (χ3v) is 2.59. The van der Waals surface area contributed by atoms with Gasteiger partial charge in [0.15, 0.2) is 5.78 Å². The number of nitrogens with two attached hydrogens (primary N) is 1. The first-order chi connectivity index (χ1) is 5.56. The van der Waals surface area contributed by atoms with Crippen molar-refractivity contribution >= 4 is 5.78 Å². The summed E-state index contributed by atoms with van der Waals surface area (Å²) in [6.07, 6.45) is 5.03. The predicted molar refractivity (Wildman–Crippen MR) is 49.8 cm³/mol. The fraction of sp³-hybridized carbons (Fsp3) is 0.700. The van der Waals surface area contributed by atoms with Crippen LogP contribution < -0.4 is 5.73 Å². The van der Waals surface area contributed by atoms with Gasteiger partial charge in [-0.1, -0.05) is 25.8 Å². The Bertz CT molecular complexity index is 202. The van der Waals surface area contributed by atoms with Gasteiger partial charge in [0, 0.05) is 0 Å². The molecule has 0 spiro atoms. The second-order valence-electron chi connectivity index (χ2n) is 3.83. The van der Waals surface area contributed by atoms with Crippen molar-refractivity contribution in [2.24, 2.45) is 5.73 Å². The van der Waals surface area contributed by atoms with Crippen molar-refractivity contribution < 1.29 is 4.79 Å². The van der Waals surface area contributed by atoms with Crippen LogP contribution in [0.1, 0.15) is 39.0 Å². The molecule has 1 fully saturated rings. The van der Waals surface area contributed by atoms with Crippen molar-refractivity contribution in [3.63, 3.8) is 0 Å². The summed E-state index contributed by atoms with van der Waals surface area (Å²) in [6.45, 7) is 5.39. The van der Waals surface area contributed by atoms with Crippen LogP contribution in [0.15, 0.2) is 12.2 Å². The van der Waals surface area contributed by atoms with E-state index in [0.29, 0.717) is 5.57 Å².